The van der Waals surface area contributed by atoms with E-state index in [2.05, 4.69) is 15.3 Å². The van der Waals surface area contributed by atoms with Crippen LogP contribution in [0.2, 0.25) is 0 Å². The van der Waals surface area contributed by atoms with E-state index in [1.165, 1.54) is 6.33 Å². The minimum atomic E-state index is -0.164. The summed E-state index contributed by atoms with van der Waals surface area (Å²) in [6.45, 7) is 6.19. The van der Waals surface area contributed by atoms with Crippen LogP contribution < -0.4 is 14.8 Å². The van der Waals surface area contributed by atoms with Gasteiger partial charge in [0.2, 0.25) is 5.91 Å². The molecule has 2 aromatic rings. The van der Waals surface area contributed by atoms with Gasteiger partial charge < -0.3 is 14.8 Å². The smallest absolute Gasteiger partial charge is 0.223 e. The Kier molecular flexibility index (Phi) is 6.33. The maximum absolute atomic E-state index is 12.4. The number of hydrogen-bond donors (Lipinski definition) is 1. The van der Waals surface area contributed by atoms with Crippen molar-refractivity contribution >= 4 is 5.91 Å². The summed E-state index contributed by atoms with van der Waals surface area (Å²) in [6, 6.07) is 5.71. The van der Waals surface area contributed by atoms with Gasteiger partial charge in [0, 0.05) is 29.4 Å². The minimum Gasteiger partial charge on any atom is -0.493 e. The van der Waals surface area contributed by atoms with Gasteiger partial charge in [-0.05, 0) is 38.0 Å². The second-order valence-corrected chi connectivity index (χ2v) is 6.04. The van der Waals surface area contributed by atoms with Crippen LogP contribution >= 0.6 is 0 Å². The van der Waals surface area contributed by atoms with Crippen molar-refractivity contribution in [3.05, 3.63) is 47.0 Å². The van der Waals surface area contributed by atoms with E-state index in [-0.39, 0.29) is 11.8 Å². The van der Waals surface area contributed by atoms with Gasteiger partial charge in [0.15, 0.2) is 11.5 Å². The Bertz CT molecular complexity index is 726. The summed E-state index contributed by atoms with van der Waals surface area (Å²) in [5, 5.41) is 2.98. The van der Waals surface area contributed by atoms with Gasteiger partial charge in [-0.2, -0.15) is 0 Å². The molecule has 0 spiro atoms. The normalized spacial score (nSPS) is 11.7. The van der Waals surface area contributed by atoms with Crippen molar-refractivity contribution in [2.75, 3.05) is 14.2 Å². The van der Waals surface area contributed by atoms with Gasteiger partial charge in [0.25, 0.3) is 0 Å². The second-order valence-electron chi connectivity index (χ2n) is 6.04. The third kappa shape index (κ3) is 4.68. The molecule has 2 rings (SSSR count). The number of nitrogens with one attached hydrogen (secondary N) is 1. The number of aromatic nitrogens is 2. The predicted molar refractivity (Wildman–Crippen MR) is 95.8 cm³/mol. The molecule has 25 heavy (non-hydrogen) atoms. The molecule has 1 unspecified atom stereocenters. The number of ether oxygens (including phenoxy) is 2. The van der Waals surface area contributed by atoms with Crippen molar-refractivity contribution in [3.63, 3.8) is 0 Å². The topological polar surface area (TPSA) is 73.3 Å². The highest BCUT2D eigenvalue weighted by molar-refractivity contribution is 5.78. The Labute approximate surface area is 148 Å². The van der Waals surface area contributed by atoms with Gasteiger partial charge >= 0.3 is 0 Å². The van der Waals surface area contributed by atoms with E-state index in [4.69, 9.17) is 9.47 Å². The fraction of sp³-hybridized carbons (Fsp3) is 0.421. The predicted octanol–water partition coefficient (Wildman–Crippen LogP) is 2.61. The fourth-order valence-electron chi connectivity index (χ4n) is 2.68. The molecule has 0 aliphatic rings. The first kappa shape index (κ1) is 18.7. The average molecular weight is 343 g/mol. The number of benzene rings is 1. The average Bonchev–Trinajstić information content (AvgIpc) is 2.60. The van der Waals surface area contributed by atoms with E-state index >= 15 is 0 Å². The van der Waals surface area contributed by atoms with Crippen molar-refractivity contribution in [2.45, 2.75) is 33.7 Å². The molecule has 1 atom stereocenters. The minimum absolute atomic E-state index is 0.00237. The molecule has 1 N–H and O–H groups in total. The van der Waals surface area contributed by atoms with E-state index < -0.39 is 0 Å². The van der Waals surface area contributed by atoms with Crippen LogP contribution in [0.4, 0.5) is 0 Å². The SMILES string of the molecule is COc1ccc(CC(C)C(=O)NCc2c(C)ncnc2C)cc1OC. The highest BCUT2D eigenvalue weighted by Crippen LogP contribution is 2.28. The fourth-order valence-corrected chi connectivity index (χ4v) is 2.68. The molecule has 1 heterocycles. The van der Waals surface area contributed by atoms with Crippen LogP contribution in [0.5, 0.6) is 11.5 Å². The third-order valence-corrected chi connectivity index (χ3v) is 4.25. The summed E-state index contributed by atoms with van der Waals surface area (Å²) < 4.78 is 10.5. The van der Waals surface area contributed by atoms with Crippen molar-refractivity contribution in [1.82, 2.24) is 15.3 Å². The van der Waals surface area contributed by atoms with Crippen LogP contribution in [0.15, 0.2) is 24.5 Å². The highest BCUT2D eigenvalue weighted by Gasteiger charge is 2.16. The number of carbonyl (C=O) groups excluding carboxylic acids is 1. The zero-order valence-electron chi connectivity index (χ0n) is 15.4. The van der Waals surface area contributed by atoms with Crippen LogP contribution in [0.1, 0.15) is 29.4 Å². The first-order valence-electron chi connectivity index (χ1n) is 8.22. The van der Waals surface area contributed by atoms with Crippen molar-refractivity contribution in [1.29, 1.82) is 0 Å². The lowest BCUT2D eigenvalue weighted by Gasteiger charge is -2.15. The first-order valence-corrected chi connectivity index (χ1v) is 8.22. The van der Waals surface area contributed by atoms with Gasteiger partial charge in [0.1, 0.15) is 6.33 Å². The largest absolute Gasteiger partial charge is 0.493 e. The molecular weight excluding hydrogens is 318 g/mol. The molecule has 0 bridgehead atoms. The molecule has 0 aliphatic carbocycles. The Morgan fingerprint density at radius 3 is 2.36 bits per heavy atom. The number of methoxy groups -OCH3 is 2. The maximum Gasteiger partial charge on any atom is 0.223 e. The summed E-state index contributed by atoms with van der Waals surface area (Å²) in [7, 11) is 3.20. The molecule has 1 aromatic carbocycles. The van der Waals surface area contributed by atoms with Crippen molar-refractivity contribution in [2.24, 2.45) is 5.92 Å². The number of rotatable bonds is 7. The number of aryl methyl sites for hydroxylation is 2. The molecule has 1 amide bonds. The molecule has 0 saturated carbocycles. The second kappa shape index (κ2) is 8.46. The number of carbonyl (C=O) groups is 1. The summed E-state index contributed by atoms with van der Waals surface area (Å²) in [5.74, 6) is 1.18. The Morgan fingerprint density at radius 2 is 1.76 bits per heavy atom. The van der Waals surface area contributed by atoms with Crippen LogP contribution in [-0.4, -0.2) is 30.1 Å². The van der Waals surface area contributed by atoms with Gasteiger partial charge in [0.05, 0.1) is 14.2 Å². The zero-order valence-corrected chi connectivity index (χ0v) is 15.4. The van der Waals surface area contributed by atoms with E-state index in [1.54, 1.807) is 14.2 Å². The number of nitrogens with zero attached hydrogens (tertiary/aromatic N) is 2. The zero-order chi connectivity index (χ0) is 18.4. The quantitative estimate of drug-likeness (QED) is 0.836. The Hall–Kier alpha value is -2.63. The molecule has 1 aromatic heterocycles. The van der Waals surface area contributed by atoms with Crippen LogP contribution in [0.25, 0.3) is 0 Å². The van der Waals surface area contributed by atoms with E-state index in [0.717, 1.165) is 22.5 Å². The van der Waals surface area contributed by atoms with Crippen LogP contribution in [0, 0.1) is 19.8 Å². The molecule has 0 fully saturated rings. The van der Waals surface area contributed by atoms with E-state index in [9.17, 15) is 4.79 Å². The number of hydrogen-bond acceptors (Lipinski definition) is 5. The lowest BCUT2D eigenvalue weighted by atomic mass is 9.99. The lowest BCUT2D eigenvalue weighted by molar-refractivity contribution is -0.124. The van der Waals surface area contributed by atoms with Gasteiger partial charge in [-0.25, -0.2) is 9.97 Å². The molecule has 6 heteroatoms. The molecule has 0 aliphatic heterocycles. The summed E-state index contributed by atoms with van der Waals surface area (Å²) in [4.78, 5) is 20.8. The summed E-state index contributed by atoms with van der Waals surface area (Å²) in [5.41, 5.74) is 3.77. The highest BCUT2D eigenvalue weighted by atomic mass is 16.5. The lowest BCUT2D eigenvalue weighted by Crippen LogP contribution is -2.30. The van der Waals surface area contributed by atoms with E-state index in [0.29, 0.717) is 24.5 Å². The molecule has 0 radical (unpaired) electrons. The Balaban J connectivity index is 1.98. The summed E-state index contributed by atoms with van der Waals surface area (Å²) >= 11 is 0. The van der Waals surface area contributed by atoms with Crippen molar-refractivity contribution in [3.8, 4) is 11.5 Å². The van der Waals surface area contributed by atoms with E-state index in [1.807, 2.05) is 39.0 Å². The standard InChI is InChI=1S/C19H25N3O3/c1-12(8-15-6-7-17(24-4)18(9-15)25-5)19(23)20-10-16-13(2)21-11-22-14(16)3/h6-7,9,11-12H,8,10H2,1-5H3,(H,20,23). The monoisotopic (exact) mass is 343 g/mol. The molecule has 0 saturated heterocycles. The molecule has 134 valence electrons. The van der Waals surface area contributed by atoms with Gasteiger partial charge in [-0.15, -0.1) is 0 Å². The van der Waals surface area contributed by atoms with Gasteiger partial charge in [-0.1, -0.05) is 13.0 Å². The molecular formula is C19H25N3O3. The molecule has 6 nitrogen and oxygen atoms in total. The van der Waals surface area contributed by atoms with Crippen LogP contribution in [-0.2, 0) is 17.8 Å². The number of amides is 1. The maximum atomic E-state index is 12.4. The van der Waals surface area contributed by atoms with Crippen LogP contribution in [0.3, 0.4) is 0 Å². The van der Waals surface area contributed by atoms with Crippen molar-refractivity contribution < 1.29 is 14.3 Å². The first-order chi connectivity index (χ1) is 12.0. The third-order valence-electron chi connectivity index (χ3n) is 4.25. The van der Waals surface area contributed by atoms with Gasteiger partial charge in [-0.3, -0.25) is 4.79 Å². The summed E-state index contributed by atoms with van der Waals surface area (Å²) in [6.07, 6.45) is 2.16. The Morgan fingerprint density at radius 1 is 1.12 bits per heavy atom.